The molecule has 0 aromatic carbocycles. The average Bonchev–Trinajstić information content (AvgIpc) is 2.79. The van der Waals surface area contributed by atoms with Crippen molar-refractivity contribution < 1.29 is 4.79 Å². The van der Waals surface area contributed by atoms with E-state index in [4.69, 9.17) is 5.73 Å². The van der Waals surface area contributed by atoms with Crippen LogP contribution in [0, 0.1) is 5.92 Å². The van der Waals surface area contributed by atoms with Gasteiger partial charge in [0.05, 0.1) is 0 Å². The van der Waals surface area contributed by atoms with Crippen molar-refractivity contribution in [2.75, 3.05) is 17.6 Å². The largest absolute Gasteiger partial charge is 0.382 e. The lowest BCUT2D eigenvalue weighted by Crippen LogP contribution is -2.36. The molecule has 1 aliphatic rings. The topological polar surface area (TPSA) is 80.0 Å². The van der Waals surface area contributed by atoms with Gasteiger partial charge in [0.15, 0.2) is 5.13 Å². The van der Waals surface area contributed by atoms with Crippen LogP contribution in [0.5, 0.6) is 0 Å². The fourth-order valence-corrected chi connectivity index (χ4v) is 3.15. The Balaban J connectivity index is 1.94. The molecule has 6 heteroatoms. The van der Waals surface area contributed by atoms with E-state index >= 15 is 0 Å². The summed E-state index contributed by atoms with van der Waals surface area (Å²) in [7, 11) is 0. The predicted molar refractivity (Wildman–Crippen MR) is 84.2 cm³/mol. The number of aromatic nitrogens is 1. The maximum absolute atomic E-state index is 12.2. The first-order chi connectivity index (χ1) is 9.56. The number of anilines is 2. The molecule has 1 aromatic rings. The van der Waals surface area contributed by atoms with Crippen molar-refractivity contribution in [1.29, 1.82) is 0 Å². The third kappa shape index (κ3) is 4.10. The van der Waals surface area contributed by atoms with Gasteiger partial charge in [-0.15, -0.1) is 0 Å². The summed E-state index contributed by atoms with van der Waals surface area (Å²) in [5, 5.41) is 7.02. The Morgan fingerprint density at radius 2 is 2.10 bits per heavy atom. The number of hydrogen-bond acceptors (Lipinski definition) is 5. The summed E-state index contributed by atoms with van der Waals surface area (Å²) in [5.74, 6) is 0.777. The number of carbonyl (C=O) groups is 1. The van der Waals surface area contributed by atoms with Crippen molar-refractivity contribution >= 4 is 28.2 Å². The first-order valence-corrected chi connectivity index (χ1v) is 8.19. The highest BCUT2D eigenvalue weighted by Crippen LogP contribution is 2.26. The number of carbonyl (C=O) groups excluding carboxylic acids is 1. The fraction of sp³-hybridized carbons (Fsp3) is 0.714. The number of rotatable bonds is 5. The van der Waals surface area contributed by atoms with E-state index in [1.54, 1.807) is 0 Å². The molecule has 0 bridgehead atoms. The van der Waals surface area contributed by atoms with Crippen LogP contribution in [0.25, 0.3) is 0 Å². The molecule has 0 aliphatic heterocycles. The Bertz CT molecular complexity index is 452. The van der Waals surface area contributed by atoms with E-state index in [9.17, 15) is 4.79 Å². The van der Waals surface area contributed by atoms with E-state index in [1.807, 2.05) is 0 Å². The van der Waals surface area contributed by atoms with Crippen LogP contribution in [-0.2, 0) is 0 Å². The first kappa shape index (κ1) is 15.1. The zero-order valence-corrected chi connectivity index (χ0v) is 13.1. The number of nitrogens with one attached hydrogen (secondary N) is 2. The molecule has 1 aromatic heterocycles. The molecule has 0 unspecified atom stereocenters. The smallest absolute Gasteiger partial charge is 0.265 e. The highest BCUT2D eigenvalue weighted by atomic mass is 32.1. The Kier molecular flexibility index (Phi) is 5.23. The van der Waals surface area contributed by atoms with Crippen molar-refractivity contribution in [2.45, 2.75) is 52.0 Å². The summed E-state index contributed by atoms with van der Waals surface area (Å²) in [6.45, 7) is 5.08. The van der Waals surface area contributed by atoms with E-state index in [0.29, 0.717) is 22.7 Å². The van der Waals surface area contributed by atoms with Crippen molar-refractivity contribution in [3.63, 3.8) is 0 Å². The number of nitrogens with two attached hydrogens (primary N) is 1. The van der Waals surface area contributed by atoms with Gasteiger partial charge in [-0.05, 0) is 18.8 Å². The number of nitrogens with zero attached hydrogens (tertiary/aromatic N) is 1. The summed E-state index contributed by atoms with van der Waals surface area (Å²) >= 11 is 1.34. The molecule has 5 nitrogen and oxygen atoms in total. The second-order valence-corrected chi connectivity index (χ2v) is 6.82. The minimum absolute atomic E-state index is 0.0792. The van der Waals surface area contributed by atoms with Gasteiger partial charge in [-0.25, -0.2) is 4.98 Å². The van der Waals surface area contributed by atoms with Crippen LogP contribution in [0.3, 0.4) is 0 Å². The number of amides is 1. The minimum atomic E-state index is -0.0792. The van der Waals surface area contributed by atoms with Crippen molar-refractivity contribution in [1.82, 2.24) is 10.3 Å². The summed E-state index contributed by atoms with van der Waals surface area (Å²) in [6.07, 6.45) is 5.82. The van der Waals surface area contributed by atoms with Crippen LogP contribution in [0.1, 0.15) is 55.6 Å². The van der Waals surface area contributed by atoms with Gasteiger partial charge in [0.25, 0.3) is 5.91 Å². The highest BCUT2D eigenvalue weighted by molar-refractivity contribution is 7.18. The van der Waals surface area contributed by atoms with Gasteiger partial charge in [-0.1, -0.05) is 44.4 Å². The molecule has 0 saturated heterocycles. The first-order valence-electron chi connectivity index (χ1n) is 7.37. The monoisotopic (exact) mass is 296 g/mol. The third-order valence-electron chi connectivity index (χ3n) is 3.46. The van der Waals surface area contributed by atoms with Crippen LogP contribution in [0.15, 0.2) is 0 Å². The fourth-order valence-electron chi connectivity index (χ4n) is 2.36. The van der Waals surface area contributed by atoms with Gasteiger partial charge < -0.3 is 16.4 Å². The molecule has 112 valence electrons. The number of hydrogen-bond donors (Lipinski definition) is 3. The number of thiazole rings is 1. The lowest BCUT2D eigenvalue weighted by molar-refractivity contribution is 0.0932. The minimum Gasteiger partial charge on any atom is -0.382 e. The summed E-state index contributed by atoms with van der Waals surface area (Å²) in [6, 6.07) is 0.296. The van der Waals surface area contributed by atoms with Crippen LogP contribution in [-0.4, -0.2) is 23.5 Å². The van der Waals surface area contributed by atoms with Gasteiger partial charge in [0.1, 0.15) is 10.7 Å². The average molecular weight is 296 g/mol. The number of nitrogen functional groups attached to an aromatic ring is 1. The second-order valence-electron chi connectivity index (χ2n) is 5.82. The molecule has 1 aliphatic carbocycles. The van der Waals surface area contributed by atoms with E-state index in [1.165, 1.54) is 30.6 Å². The lowest BCUT2D eigenvalue weighted by Gasteiger charge is -2.22. The van der Waals surface area contributed by atoms with Gasteiger partial charge >= 0.3 is 0 Å². The zero-order chi connectivity index (χ0) is 14.5. The highest BCUT2D eigenvalue weighted by Gasteiger charge is 2.21. The molecule has 0 atom stereocenters. The van der Waals surface area contributed by atoms with Crippen molar-refractivity contribution in [3.8, 4) is 0 Å². The maximum atomic E-state index is 12.2. The normalized spacial score (nSPS) is 16.4. The molecular formula is C14H24N4OS. The summed E-state index contributed by atoms with van der Waals surface area (Å²) in [5.41, 5.74) is 5.85. The third-order valence-corrected chi connectivity index (χ3v) is 4.49. The van der Waals surface area contributed by atoms with Crippen molar-refractivity contribution in [2.24, 2.45) is 5.92 Å². The Morgan fingerprint density at radius 1 is 1.40 bits per heavy atom. The Labute approximate surface area is 124 Å². The van der Waals surface area contributed by atoms with Gasteiger partial charge in [0.2, 0.25) is 0 Å². The van der Waals surface area contributed by atoms with Crippen LogP contribution < -0.4 is 16.4 Å². The standard InChI is InChI=1S/C14H24N4OS/c1-9(2)8-16-14-18-12(15)11(20-14)13(19)17-10-6-4-3-5-7-10/h9-10H,3-8,15H2,1-2H3,(H,16,18)(H,17,19). The van der Waals surface area contributed by atoms with E-state index in [0.717, 1.165) is 24.5 Å². The molecule has 20 heavy (non-hydrogen) atoms. The summed E-state index contributed by atoms with van der Waals surface area (Å²) in [4.78, 5) is 17.0. The molecule has 0 spiro atoms. The molecule has 1 heterocycles. The second kappa shape index (κ2) is 6.92. The zero-order valence-electron chi connectivity index (χ0n) is 12.2. The van der Waals surface area contributed by atoms with Gasteiger partial charge in [0, 0.05) is 12.6 Å². The maximum Gasteiger partial charge on any atom is 0.265 e. The van der Waals surface area contributed by atoms with E-state index < -0.39 is 0 Å². The molecule has 1 saturated carbocycles. The lowest BCUT2D eigenvalue weighted by atomic mass is 9.95. The van der Waals surface area contributed by atoms with E-state index in [2.05, 4.69) is 29.5 Å². The van der Waals surface area contributed by atoms with Crippen LogP contribution in [0.4, 0.5) is 10.9 Å². The SMILES string of the molecule is CC(C)CNc1nc(N)c(C(=O)NC2CCCCC2)s1. The van der Waals surface area contributed by atoms with E-state index in [-0.39, 0.29) is 5.91 Å². The molecular weight excluding hydrogens is 272 g/mol. The van der Waals surface area contributed by atoms with Gasteiger partial charge in [-0.3, -0.25) is 4.79 Å². The molecule has 4 N–H and O–H groups in total. The molecule has 0 radical (unpaired) electrons. The molecule has 1 amide bonds. The predicted octanol–water partition coefficient (Wildman–Crippen LogP) is 2.86. The Hall–Kier alpha value is -1.30. The van der Waals surface area contributed by atoms with Crippen molar-refractivity contribution in [3.05, 3.63) is 4.88 Å². The Morgan fingerprint density at radius 3 is 2.75 bits per heavy atom. The van der Waals surface area contributed by atoms with Gasteiger partial charge in [-0.2, -0.15) is 0 Å². The quantitative estimate of drug-likeness (QED) is 0.780. The van der Waals surface area contributed by atoms with Crippen LogP contribution >= 0.6 is 11.3 Å². The van der Waals surface area contributed by atoms with Crippen LogP contribution in [0.2, 0.25) is 0 Å². The molecule has 2 rings (SSSR count). The summed E-state index contributed by atoms with van der Waals surface area (Å²) < 4.78 is 0. The molecule has 1 fully saturated rings.